The molecule has 0 spiro atoms. The summed E-state index contributed by atoms with van der Waals surface area (Å²) >= 11 is 1.41. The average molecular weight is 282 g/mol. The van der Waals surface area contributed by atoms with Gasteiger partial charge in [0.1, 0.15) is 0 Å². The van der Waals surface area contributed by atoms with E-state index in [1.54, 1.807) is 11.0 Å². The number of amides is 2. The van der Waals surface area contributed by atoms with E-state index in [1.807, 2.05) is 13.0 Å². The zero-order valence-electron chi connectivity index (χ0n) is 10.9. The Bertz CT molecular complexity index is 472. The van der Waals surface area contributed by atoms with E-state index >= 15 is 0 Å². The van der Waals surface area contributed by atoms with E-state index in [0.29, 0.717) is 11.4 Å². The molecule has 0 saturated carbocycles. The second kappa shape index (κ2) is 6.16. The van der Waals surface area contributed by atoms with Crippen LogP contribution < -0.4 is 5.32 Å². The maximum Gasteiger partial charge on any atom is 0.261 e. The quantitative estimate of drug-likeness (QED) is 0.857. The summed E-state index contributed by atoms with van der Waals surface area (Å²) < 4.78 is 0. The summed E-state index contributed by atoms with van der Waals surface area (Å²) in [5, 5.41) is 11.8. The third kappa shape index (κ3) is 3.33. The summed E-state index contributed by atoms with van der Waals surface area (Å²) in [6.45, 7) is 2.58. The van der Waals surface area contributed by atoms with E-state index in [1.165, 1.54) is 11.3 Å². The fourth-order valence-electron chi connectivity index (χ4n) is 2.25. The molecule has 1 aliphatic rings. The maximum atomic E-state index is 12.0. The molecule has 1 aromatic heterocycles. The van der Waals surface area contributed by atoms with E-state index in [9.17, 15) is 9.59 Å². The molecule has 6 heteroatoms. The molecule has 1 atom stereocenters. The standard InChI is InChI=1S/C13H18N2O3S/c1-9-4-5-11(19-9)13(18)14-7-12(17)15-6-2-3-10(15)8-16/h4-5,10,16H,2-3,6-8H2,1H3,(H,14,18). The number of thiophene rings is 1. The highest BCUT2D eigenvalue weighted by atomic mass is 32.1. The lowest BCUT2D eigenvalue weighted by Crippen LogP contribution is -2.43. The number of hydrogen-bond donors (Lipinski definition) is 2. The van der Waals surface area contributed by atoms with Crippen molar-refractivity contribution in [2.45, 2.75) is 25.8 Å². The second-order valence-electron chi connectivity index (χ2n) is 4.66. The summed E-state index contributed by atoms with van der Waals surface area (Å²) in [7, 11) is 0. The molecule has 2 N–H and O–H groups in total. The van der Waals surface area contributed by atoms with E-state index < -0.39 is 0 Å². The van der Waals surface area contributed by atoms with E-state index in [-0.39, 0.29) is 31.0 Å². The predicted octanol–water partition coefficient (Wildman–Crippen LogP) is 0.770. The minimum Gasteiger partial charge on any atom is -0.394 e. The van der Waals surface area contributed by atoms with Gasteiger partial charge in [0, 0.05) is 11.4 Å². The smallest absolute Gasteiger partial charge is 0.261 e. The van der Waals surface area contributed by atoms with Gasteiger partial charge in [-0.05, 0) is 31.9 Å². The van der Waals surface area contributed by atoms with Gasteiger partial charge in [0.05, 0.1) is 24.1 Å². The van der Waals surface area contributed by atoms with Crippen molar-refractivity contribution in [3.05, 3.63) is 21.9 Å². The van der Waals surface area contributed by atoms with Crippen molar-refractivity contribution < 1.29 is 14.7 Å². The summed E-state index contributed by atoms with van der Waals surface area (Å²) in [6, 6.07) is 3.55. The molecule has 1 fully saturated rings. The Hall–Kier alpha value is -1.40. The molecule has 5 nitrogen and oxygen atoms in total. The number of carbonyl (C=O) groups is 2. The van der Waals surface area contributed by atoms with Crippen molar-refractivity contribution in [2.24, 2.45) is 0 Å². The molecule has 2 heterocycles. The number of nitrogens with zero attached hydrogens (tertiary/aromatic N) is 1. The molecule has 1 saturated heterocycles. The maximum absolute atomic E-state index is 12.0. The van der Waals surface area contributed by atoms with E-state index in [0.717, 1.165) is 17.7 Å². The Labute approximate surface area is 116 Å². The van der Waals surface area contributed by atoms with Crippen molar-refractivity contribution in [2.75, 3.05) is 19.7 Å². The molecule has 1 unspecified atom stereocenters. The normalized spacial score (nSPS) is 18.6. The SMILES string of the molecule is Cc1ccc(C(=O)NCC(=O)N2CCCC2CO)s1. The van der Waals surface area contributed by atoms with Crippen LogP contribution in [0.3, 0.4) is 0 Å². The average Bonchev–Trinajstić information content (AvgIpc) is 3.03. The first-order chi connectivity index (χ1) is 9.11. The predicted molar refractivity (Wildman–Crippen MR) is 73.2 cm³/mol. The summed E-state index contributed by atoms with van der Waals surface area (Å²) in [5.74, 6) is -0.343. The van der Waals surface area contributed by atoms with Crippen LogP contribution in [0.4, 0.5) is 0 Å². The molecular formula is C13H18N2O3S. The number of aliphatic hydroxyl groups excluding tert-OH is 1. The van der Waals surface area contributed by atoms with Crippen LogP contribution in [-0.4, -0.2) is 47.6 Å². The zero-order valence-corrected chi connectivity index (χ0v) is 11.7. The lowest BCUT2D eigenvalue weighted by Gasteiger charge is -2.23. The number of aryl methyl sites for hydroxylation is 1. The van der Waals surface area contributed by atoms with Gasteiger partial charge in [0.25, 0.3) is 5.91 Å². The molecule has 2 rings (SSSR count). The number of hydrogen-bond acceptors (Lipinski definition) is 4. The van der Waals surface area contributed by atoms with Gasteiger partial charge in [-0.3, -0.25) is 9.59 Å². The highest BCUT2D eigenvalue weighted by Gasteiger charge is 2.27. The van der Waals surface area contributed by atoms with Crippen LogP contribution in [-0.2, 0) is 4.79 Å². The fourth-order valence-corrected chi connectivity index (χ4v) is 3.04. The van der Waals surface area contributed by atoms with Gasteiger partial charge in [0.15, 0.2) is 0 Å². The van der Waals surface area contributed by atoms with Gasteiger partial charge >= 0.3 is 0 Å². The van der Waals surface area contributed by atoms with Crippen LogP contribution in [0.25, 0.3) is 0 Å². The molecule has 0 bridgehead atoms. The summed E-state index contributed by atoms with van der Waals surface area (Å²) in [4.78, 5) is 27.1. The molecule has 1 aromatic rings. The van der Waals surface area contributed by atoms with Crippen molar-refractivity contribution in [1.29, 1.82) is 0 Å². The minimum atomic E-state index is -0.216. The van der Waals surface area contributed by atoms with Crippen molar-refractivity contribution >= 4 is 23.2 Å². The zero-order chi connectivity index (χ0) is 13.8. The highest BCUT2D eigenvalue weighted by Crippen LogP contribution is 2.17. The largest absolute Gasteiger partial charge is 0.394 e. The molecule has 0 aromatic carbocycles. The summed E-state index contributed by atoms with van der Waals surface area (Å²) in [6.07, 6.45) is 1.75. The Morgan fingerprint density at radius 3 is 2.95 bits per heavy atom. The van der Waals surface area contributed by atoms with Crippen LogP contribution in [0.15, 0.2) is 12.1 Å². The van der Waals surface area contributed by atoms with Crippen LogP contribution in [0.5, 0.6) is 0 Å². The fraction of sp³-hybridized carbons (Fsp3) is 0.538. The molecule has 104 valence electrons. The molecule has 0 aliphatic carbocycles. The molecule has 2 amide bonds. The van der Waals surface area contributed by atoms with Gasteiger partial charge in [-0.2, -0.15) is 0 Å². The van der Waals surface area contributed by atoms with E-state index in [2.05, 4.69) is 5.32 Å². The van der Waals surface area contributed by atoms with Gasteiger partial charge in [-0.15, -0.1) is 11.3 Å². The van der Waals surface area contributed by atoms with Crippen LogP contribution in [0.2, 0.25) is 0 Å². The lowest BCUT2D eigenvalue weighted by molar-refractivity contribution is -0.131. The summed E-state index contributed by atoms with van der Waals surface area (Å²) in [5.41, 5.74) is 0. The van der Waals surface area contributed by atoms with E-state index in [4.69, 9.17) is 5.11 Å². The van der Waals surface area contributed by atoms with Gasteiger partial charge < -0.3 is 15.3 Å². The Morgan fingerprint density at radius 2 is 2.32 bits per heavy atom. The van der Waals surface area contributed by atoms with Crippen molar-refractivity contribution in [3.8, 4) is 0 Å². The number of carbonyl (C=O) groups excluding carboxylic acids is 2. The Kier molecular flexibility index (Phi) is 4.55. The highest BCUT2D eigenvalue weighted by molar-refractivity contribution is 7.13. The molecular weight excluding hydrogens is 264 g/mol. The first kappa shape index (κ1) is 14.0. The third-order valence-electron chi connectivity index (χ3n) is 3.27. The molecule has 1 aliphatic heterocycles. The van der Waals surface area contributed by atoms with Gasteiger partial charge in [-0.1, -0.05) is 0 Å². The third-order valence-corrected chi connectivity index (χ3v) is 4.27. The van der Waals surface area contributed by atoms with Gasteiger partial charge in [-0.25, -0.2) is 0 Å². The first-order valence-electron chi connectivity index (χ1n) is 6.37. The number of likely N-dealkylation sites (tertiary alicyclic amines) is 1. The number of nitrogens with one attached hydrogen (secondary N) is 1. The lowest BCUT2D eigenvalue weighted by atomic mass is 10.2. The molecule has 0 radical (unpaired) electrons. The number of rotatable bonds is 4. The van der Waals surface area contributed by atoms with Gasteiger partial charge in [0.2, 0.25) is 5.91 Å². The first-order valence-corrected chi connectivity index (χ1v) is 7.18. The van der Waals surface area contributed by atoms with Crippen LogP contribution in [0.1, 0.15) is 27.4 Å². The minimum absolute atomic E-state index is 0.00766. The Morgan fingerprint density at radius 1 is 1.53 bits per heavy atom. The van der Waals surface area contributed by atoms with Crippen LogP contribution in [0, 0.1) is 6.92 Å². The van der Waals surface area contributed by atoms with Crippen LogP contribution >= 0.6 is 11.3 Å². The molecule has 19 heavy (non-hydrogen) atoms. The number of aliphatic hydroxyl groups is 1. The van der Waals surface area contributed by atoms with Crippen molar-refractivity contribution in [1.82, 2.24) is 10.2 Å². The Balaban J connectivity index is 1.85. The second-order valence-corrected chi connectivity index (χ2v) is 5.95. The van der Waals surface area contributed by atoms with Crippen molar-refractivity contribution in [3.63, 3.8) is 0 Å². The topological polar surface area (TPSA) is 69.6 Å². The monoisotopic (exact) mass is 282 g/mol.